The second kappa shape index (κ2) is 8.30. The van der Waals surface area contributed by atoms with Crippen LogP contribution in [0.1, 0.15) is 39.2 Å². The van der Waals surface area contributed by atoms with Crippen molar-refractivity contribution in [1.82, 2.24) is 15.0 Å². The Morgan fingerprint density at radius 1 is 1.07 bits per heavy atom. The van der Waals surface area contributed by atoms with Gasteiger partial charge in [0.05, 0.1) is 5.56 Å². The predicted octanol–water partition coefficient (Wildman–Crippen LogP) is 4.70. The third kappa shape index (κ3) is 4.37. The smallest absolute Gasteiger partial charge is 0.260 e. The lowest BCUT2D eigenvalue weighted by atomic mass is 9.87. The van der Waals surface area contributed by atoms with E-state index < -0.39 is 0 Å². The van der Waals surface area contributed by atoms with Crippen molar-refractivity contribution >= 4 is 5.91 Å². The Labute approximate surface area is 176 Å². The van der Waals surface area contributed by atoms with E-state index in [1.54, 1.807) is 0 Å². The van der Waals surface area contributed by atoms with Crippen molar-refractivity contribution in [1.29, 1.82) is 0 Å². The summed E-state index contributed by atoms with van der Waals surface area (Å²) in [5.41, 5.74) is 2.89. The zero-order valence-corrected chi connectivity index (χ0v) is 17.7. The second-order valence-corrected chi connectivity index (χ2v) is 8.62. The van der Waals surface area contributed by atoms with Gasteiger partial charge in [0.15, 0.2) is 6.61 Å². The van der Waals surface area contributed by atoms with Gasteiger partial charge in [-0.05, 0) is 48.1 Å². The number of para-hydroxylation sites is 1. The highest BCUT2D eigenvalue weighted by atomic mass is 16.5. The first kappa shape index (κ1) is 20.1. The number of amides is 1. The molecule has 0 radical (unpaired) electrons. The first-order valence-electron chi connectivity index (χ1n) is 10.4. The third-order valence-corrected chi connectivity index (χ3v) is 5.36. The van der Waals surface area contributed by atoms with Crippen LogP contribution in [-0.4, -0.2) is 40.6 Å². The van der Waals surface area contributed by atoms with Gasteiger partial charge in [0.2, 0.25) is 5.82 Å². The summed E-state index contributed by atoms with van der Waals surface area (Å²) in [7, 11) is 0. The molecule has 0 atom stereocenters. The van der Waals surface area contributed by atoms with Gasteiger partial charge in [-0.1, -0.05) is 50.2 Å². The average molecular weight is 405 g/mol. The largest absolute Gasteiger partial charge is 0.483 e. The molecule has 1 aliphatic heterocycles. The van der Waals surface area contributed by atoms with Crippen LogP contribution in [0.15, 0.2) is 53.1 Å². The summed E-state index contributed by atoms with van der Waals surface area (Å²) in [6.45, 7) is 8.17. The molecule has 0 bridgehead atoms. The van der Waals surface area contributed by atoms with Crippen molar-refractivity contribution in [2.24, 2.45) is 0 Å². The lowest BCUT2D eigenvalue weighted by molar-refractivity contribution is -0.132. The molecular weight excluding hydrogens is 378 g/mol. The van der Waals surface area contributed by atoms with Crippen LogP contribution < -0.4 is 4.74 Å². The highest BCUT2D eigenvalue weighted by Gasteiger charge is 2.20. The fourth-order valence-corrected chi connectivity index (χ4v) is 3.54. The van der Waals surface area contributed by atoms with Crippen molar-refractivity contribution in [3.8, 4) is 28.6 Å². The average Bonchev–Trinajstić information content (AvgIpc) is 3.44. The number of rotatable bonds is 5. The summed E-state index contributed by atoms with van der Waals surface area (Å²) in [5.74, 6) is 1.47. The molecule has 1 aliphatic rings. The molecule has 2 heterocycles. The van der Waals surface area contributed by atoms with Crippen molar-refractivity contribution in [2.75, 3.05) is 19.7 Å². The first-order valence-corrected chi connectivity index (χ1v) is 10.4. The summed E-state index contributed by atoms with van der Waals surface area (Å²) in [4.78, 5) is 18.7. The molecule has 6 nitrogen and oxygen atoms in total. The molecule has 0 spiro atoms. The predicted molar refractivity (Wildman–Crippen MR) is 115 cm³/mol. The van der Waals surface area contributed by atoms with E-state index in [0.717, 1.165) is 31.5 Å². The lowest BCUT2D eigenvalue weighted by Gasteiger charge is -2.18. The zero-order valence-electron chi connectivity index (χ0n) is 17.7. The number of aromatic nitrogens is 2. The number of benzene rings is 2. The van der Waals surface area contributed by atoms with Gasteiger partial charge in [0.25, 0.3) is 11.8 Å². The van der Waals surface area contributed by atoms with Gasteiger partial charge in [0.1, 0.15) is 5.75 Å². The Balaban J connectivity index is 1.51. The van der Waals surface area contributed by atoms with Gasteiger partial charge in [0, 0.05) is 18.7 Å². The van der Waals surface area contributed by atoms with Gasteiger partial charge in [-0.25, -0.2) is 0 Å². The van der Waals surface area contributed by atoms with Crippen molar-refractivity contribution in [3.05, 3.63) is 54.1 Å². The maximum atomic E-state index is 12.3. The Kier molecular flexibility index (Phi) is 5.57. The van der Waals surface area contributed by atoms with Gasteiger partial charge in [-0.3, -0.25) is 4.79 Å². The van der Waals surface area contributed by atoms with Crippen LogP contribution in [0.4, 0.5) is 0 Å². The van der Waals surface area contributed by atoms with Crippen LogP contribution in [0.25, 0.3) is 22.8 Å². The monoisotopic (exact) mass is 405 g/mol. The SMILES string of the molecule is CC(C)(C)c1ccc(-c2nc(-c3ccccc3OCC(=O)N3CCCC3)no2)cc1. The fourth-order valence-electron chi connectivity index (χ4n) is 3.54. The molecule has 3 aromatic rings. The minimum atomic E-state index is 0.00930. The molecule has 0 N–H and O–H groups in total. The molecule has 1 fully saturated rings. The molecule has 0 aliphatic carbocycles. The molecular formula is C24H27N3O3. The van der Waals surface area contributed by atoms with Crippen molar-refractivity contribution in [3.63, 3.8) is 0 Å². The third-order valence-electron chi connectivity index (χ3n) is 5.36. The van der Waals surface area contributed by atoms with E-state index in [1.165, 1.54) is 5.56 Å². The standard InChI is InChI=1S/C24H27N3O3/c1-24(2,3)18-12-10-17(11-13-18)23-25-22(26-30-23)19-8-4-5-9-20(19)29-16-21(28)27-14-6-7-15-27/h4-5,8-13H,6-7,14-16H2,1-3H3. The Morgan fingerprint density at radius 3 is 2.47 bits per heavy atom. The Bertz CT molecular complexity index is 1010. The van der Waals surface area contributed by atoms with Crippen molar-refractivity contribution in [2.45, 2.75) is 39.0 Å². The van der Waals surface area contributed by atoms with Crippen LogP contribution in [0.3, 0.4) is 0 Å². The van der Waals surface area contributed by atoms with Gasteiger partial charge in [-0.15, -0.1) is 0 Å². The number of carbonyl (C=O) groups is 1. The first-order chi connectivity index (χ1) is 14.4. The van der Waals surface area contributed by atoms with E-state index in [9.17, 15) is 4.79 Å². The molecule has 0 unspecified atom stereocenters. The van der Waals surface area contributed by atoms with E-state index in [4.69, 9.17) is 9.26 Å². The summed E-state index contributed by atoms with van der Waals surface area (Å²) < 4.78 is 11.3. The molecule has 4 rings (SSSR count). The van der Waals surface area contributed by atoms with E-state index in [0.29, 0.717) is 23.0 Å². The quantitative estimate of drug-likeness (QED) is 0.615. The molecule has 2 aromatic carbocycles. The molecule has 0 saturated carbocycles. The highest BCUT2D eigenvalue weighted by molar-refractivity contribution is 5.78. The van der Waals surface area contributed by atoms with E-state index in [-0.39, 0.29) is 17.9 Å². The minimum Gasteiger partial charge on any atom is -0.483 e. The number of ether oxygens (including phenoxy) is 1. The van der Waals surface area contributed by atoms with Crippen LogP contribution in [0.2, 0.25) is 0 Å². The molecule has 1 saturated heterocycles. The number of carbonyl (C=O) groups excluding carboxylic acids is 1. The molecule has 156 valence electrons. The Morgan fingerprint density at radius 2 is 1.77 bits per heavy atom. The maximum absolute atomic E-state index is 12.3. The lowest BCUT2D eigenvalue weighted by Crippen LogP contribution is -2.32. The van der Waals surface area contributed by atoms with E-state index >= 15 is 0 Å². The number of nitrogens with zero attached hydrogens (tertiary/aromatic N) is 3. The van der Waals surface area contributed by atoms with Gasteiger partial charge < -0.3 is 14.2 Å². The van der Waals surface area contributed by atoms with Gasteiger partial charge in [-0.2, -0.15) is 4.98 Å². The second-order valence-electron chi connectivity index (χ2n) is 8.62. The van der Waals surface area contributed by atoms with Crippen LogP contribution in [0, 0.1) is 0 Å². The topological polar surface area (TPSA) is 68.5 Å². The fraction of sp³-hybridized carbons (Fsp3) is 0.375. The minimum absolute atomic E-state index is 0.00930. The maximum Gasteiger partial charge on any atom is 0.260 e. The zero-order chi connectivity index (χ0) is 21.1. The highest BCUT2D eigenvalue weighted by Crippen LogP contribution is 2.30. The molecule has 6 heteroatoms. The molecule has 30 heavy (non-hydrogen) atoms. The summed E-state index contributed by atoms with van der Waals surface area (Å²) in [5, 5.41) is 4.14. The van der Waals surface area contributed by atoms with E-state index in [1.807, 2.05) is 41.3 Å². The summed E-state index contributed by atoms with van der Waals surface area (Å²) in [6, 6.07) is 15.6. The normalized spacial score (nSPS) is 14.2. The summed E-state index contributed by atoms with van der Waals surface area (Å²) in [6.07, 6.45) is 2.12. The molecule has 1 aromatic heterocycles. The number of hydrogen-bond acceptors (Lipinski definition) is 5. The Hall–Kier alpha value is -3.15. The number of likely N-dealkylation sites (tertiary alicyclic amines) is 1. The number of hydrogen-bond donors (Lipinski definition) is 0. The van der Waals surface area contributed by atoms with Crippen molar-refractivity contribution < 1.29 is 14.1 Å². The summed E-state index contributed by atoms with van der Waals surface area (Å²) >= 11 is 0. The van der Waals surface area contributed by atoms with E-state index in [2.05, 4.69) is 43.0 Å². The molecule has 1 amide bonds. The van der Waals surface area contributed by atoms with Crippen LogP contribution >= 0.6 is 0 Å². The van der Waals surface area contributed by atoms with Crippen LogP contribution in [0.5, 0.6) is 5.75 Å². The van der Waals surface area contributed by atoms with Gasteiger partial charge >= 0.3 is 0 Å². The van der Waals surface area contributed by atoms with Crippen LogP contribution in [-0.2, 0) is 10.2 Å².